The van der Waals surface area contributed by atoms with Crippen molar-refractivity contribution in [3.63, 3.8) is 0 Å². The van der Waals surface area contributed by atoms with E-state index in [0.29, 0.717) is 6.54 Å². The van der Waals surface area contributed by atoms with Crippen LogP contribution in [-0.2, 0) is 15.4 Å². The van der Waals surface area contributed by atoms with E-state index in [2.05, 4.69) is 47.9 Å². The van der Waals surface area contributed by atoms with Crippen LogP contribution in [0.15, 0.2) is 30.3 Å². The molecule has 0 radical (unpaired) electrons. The van der Waals surface area contributed by atoms with E-state index in [1.807, 2.05) is 6.07 Å². The zero-order valence-corrected chi connectivity index (χ0v) is 14.3. The fraction of sp³-hybridized carbons (Fsp3) is 0.625. The summed E-state index contributed by atoms with van der Waals surface area (Å²) in [6.45, 7) is 9.85. The molecular weight excluding hydrogens is 298 g/mol. The predicted octanol–water partition coefficient (Wildman–Crippen LogP) is 0.870. The number of nitrogens with zero attached hydrogens (tertiary/aromatic N) is 2. The van der Waals surface area contributed by atoms with Crippen LogP contribution >= 0.6 is 0 Å². The summed E-state index contributed by atoms with van der Waals surface area (Å²) in [7, 11) is -3.36. The van der Waals surface area contributed by atoms with Gasteiger partial charge in [-0.1, -0.05) is 44.2 Å². The second-order valence-corrected chi connectivity index (χ2v) is 8.47. The Morgan fingerprint density at radius 3 is 2.14 bits per heavy atom. The molecule has 0 saturated carbocycles. The van der Waals surface area contributed by atoms with E-state index in [4.69, 9.17) is 5.14 Å². The van der Waals surface area contributed by atoms with Crippen LogP contribution in [0.5, 0.6) is 0 Å². The second-order valence-electron chi connectivity index (χ2n) is 6.73. The van der Waals surface area contributed by atoms with Gasteiger partial charge in [0.05, 0.1) is 5.75 Å². The molecule has 0 spiro atoms. The fourth-order valence-corrected chi connectivity index (χ4v) is 3.48. The first-order valence-electron chi connectivity index (χ1n) is 7.77. The third kappa shape index (κ3) is 5.35. The van der Waals surface area contributed by atoms with Crippen LogP contribution in [0.1, 0.15) is 19.4 Å². The maximum atomic E-state index is 11.0. The van der Waals surface area contributed by atoms with Crippen molar-refractivity contribution in [3.05, 3.63) is 35.9 Å². The number of piperazine rings is 1. The van der Waals surface area contributed by atoms with E-state index < -0.39 is 10.0 Å². The van der Waals surface area contributed by atoms with Gasteiger partial charge in [0.15, 0.2) is 0 Å². The van der Waals surface area contributed by atoms with Crippen molar-refractivity contribution in [3.8, 4) is 0 Å². The van der Waals surface area contributed by atoms with Crippen LogP contribution in [0.2, 0.25) is 0 Å². The van der Waals surface area contributed by atoms with Gasteiger partial charge in [-0.25, -0.2) is 13.6 Å². The standard InChI is InChI=1S/C16H27N3O2S/c1-16(2,15-6-4-3-5-7-15)14-19-10-8-18(9-11-19)12-13-22(17,20)21/h3-7H,8-14H2,1-2H3,(H2,17,20,21). The zero-order chi connectivity index (χ0) is 16.2. The Bertz CT molecular complexity index is 564. The van der Waals surface area contributed by atoms with Crippen molar-refractivity contribution in [2.24, 2.45) is 5.14 Å². The molecule has 1 aliphatic rings. The molecule has 1 saturated heterocycles. The highest BCUT2D eigenvalue weighted by molar-refractivity contribution is 7.89. The van der Waals surface area contributed by atoms with Gasteiger partial charge in [0.1, 0.15) is 0 Å². The minimum atomic E-state index is -3.36. The van der Waals surface area contributed by atoms with Crippen molar-refractivity contribution in [2.75, 3.05) is 45.0 Å². The second kappa shape index (κ2) is 7.08. The summed E-state index contributed by atoms with van der Waals surface area (Å²) in [5.74, 6) is 0.0442. The topological polar surface area (TPSA) is 66.6 Å². The van der Waals surface area contributed by atoms with Gasteiger partial charge in [0.25, 0.3) is 0 Å². The highest BCUT2D eigenvalue weighted by Gasteiger charge is 2.26. The summed E-state index contributed by atoms with van der Waals surface area (Å²) >= 11 is 0. The van der Waals surface area contributed by atoms with Crippen molar-refractivity contribution < 1.29 is 8.42 Å². The maximum Gasteiger partial charge on any atom is 0.210 e. The third-order valence-electron chi connectivity index (χ3n) is 4.33. The normalized spacial score (nSPS) is 18.5. The van der Waals surface area contributed by atoms with Gasteiger partial charge in [0, 0.05) is 44.7 Å². The molecule has 6 heteroatoms. The van der Waals surface area contributed by atoms with E-state index in [1.165, 1.54) is 5.56 Å². The largest absolute Gasteiger partial charge is 0.300 e. The number of rotatable bonds is 6. The molecule has 2 rings (SSSR count). The van der Waals surface area contributed by atoms with Gasteiger partial charge >= 0.3 is 0 Å². The van der Waals surface area contributed by atoms with E-state index in [-0.39, 0.29) is 11.2 Å². The molecule has 5 nitrogen and oxygen atoms in total. The molecule has 0 aliphatic carbocycles. The van der Waals surface area contributed by atoms with Gasteiger partial charge in [0.2, 0.25) is 10.0 Å². The lowest BCUT2D eigenvalue weighted by atomic mass is 9.84. The highest BCUT2D eigenvalue weighted by Crippen LogP contribution is 2.24. The van der Waals surface area contributed by atoms with Crippen LogP contribution in [-0.4, -0.2) is 63.2 Å². The molecule has 0 aromatic heterocycles. The molecule has 1 heterocycles. The molecule has 0 atom stereocenters. The Morgan fingerprint density at radius 2 is 1.59 bits per heavy atom. The lowest BCUT2D eigenvalue weighted by Gasteiger charge is -2.39. The number of primary sulfonamides is 1. The van der Waals surface area contributed by atoms with Crippen LogP contribution in [0, 0.1) is 0 Å². The Hall–Kier alpha value is -0.950. The molecule has 1 fully saturated rings. The predicted molar refractivity (Wildman–Crippen MR) is 90.3 cm³/mol. The molecular formula is C16H27N3O2S. The minimum Gasteiger partial charge on any atom is -0.300 e. The minimum absolute atomic E-state index is 0.0442. The third-order valence-corrected chi connectivity index (χ3v) is 5.08. The first-order valence-corrected chi connectivity index (χ1v) is 9.48. The molecule has 1 aliphatic heterocycles. The summed E-state index contributed by atoms with van der Waals surface area (Å²) < 4.78 is 22.0. The van der Waals surface area contributed by atoms with Crippen LogP contribution in [0.3, 0.4) is 0 Å². The number of hydrogen-bond donors (Lipinski definition) is 1. The summed E-state index contributed by atoms with van der Waals surface area (Å²) in [6.07, 6.45) is 0. The first-order chi connectivity index (χ1) is 10.3. The lowest BCUT2D eigenvalue weighted by molar-refractivity contribution is 0.119. The number of hydrogen-bond acceptors (Lipinski definition) is 4. The van der Waals surface area contributed by atoms with Crippen LogP contribution in [0.4, 0.5) is 0 Å². The Morgan fingerprint density at radius 1 is 1.05 bits per heavy atom. The lowest BCUT2D eigenvalue weighted by Crippen LogP contribution is -2.50. The van der Waals surface area contributed by atoms with Crippen molar-refractivity contribution in [1.29, 1.82) is 0 Å². The van der Waals surface area contributed by atoms with E-state index in [0.717, 1.165) is 32.7 Å². The van der Waals surface area contributed by atoms with Gasteiger partial charge in [-0.3, -0.25) is 9.80 Å². The Labute approximate surface area is 134 Å². The molecule has 124 valence electrons. The van der Waals surface area contributed by atoms with Crippen molar-refractivity contribution >= 4 is 10.0 Å². The molecule has 0 bridgehead atoms. The summed E-state index contributed by atoms with van der Waals surface area (Å²) in [6, 6.07) is 10.6. The smallest absolute Gasteiger partial charge is 0.210 e. The van der Waals surface area contributed by atoms with Gasteiger partial charge in [-0.2, -0.15) is 0 Å². The van der Waals surface area contributed by atoms with Gasteiger partial charge < -0.3 is 0 Å². The average molecular weight is 325 g/mol. The zero-order valence-electron chi connectivity index (χ0n) is 13.5. The number of nitrogens with two attached hydrogens (primary N) is 1. The Balaban J connectivity index is 1.82. The highest BCUT2D eigenvalue weighted by atomic mass is 32.2. The molecule has 1 aromatic carbocycles. The number of sulfonamides is 1. The monoisotopic (exact) mass is 325 g/mol. The fourth-order valence-electron chi connectivity index (χ4n) is 2.97. The molecule has 0 amide bonds. The molecule has 1 aromatic rings. The van der Waals surface area contributed by atoms with Crippen LogP contribution in [0.25, 0.3) is 0 Å². The van der Waals surface area contributed by atoms with E-state index >= 15 is 0 Å². The van der Waals surface area contributed by atoms with E-state index in [1.54, 1.807) is 0 Å². The summed E-state index contributed by atoms with van der Waals surface area (Å²) in [5.41, 5.74) is 1.47. The molecule has 0 unspecified atom stereocenters. The summed E-state index contributed by atoms with van der Waals surface area (Å²) in [5, 5.41) is 5.06. The molecule has 22 heavy (non-hydrogen) atoms. The number of benzene rings is 1. The van der Waals surface area contributed by atoms with Gasteiger partial charge in [-0.15, -0.1) is 0 Å². The first kappa shape index (κ1) is 17.4. The van der Waals surface area contributed by atoms with Crippen molar-refractivity contribution in [1.82, 2.24) is 9.80 Å². The molecule has 2 N–H and O–H groups in total. The Kier molecular flexibility index (Phi) is 5.60. The van der Waals surface area contributed by atoms with Crippen LogP contribution < -0.4 is 5.14 Å². The SMILES string of the molecule is CC(C)(CN1CCN(CCS(N)(=O)=O)CC1)c1ccccc1. The summed E-state index contributed by atoms with van der Waals surface area (Å²) in [4.78, 5) is 4.64. The average Bonchev–Trinajstić information content (AvgIpc) is 2.46. The maximum absolute atomic E-state index is 11.0. The quantitative estimate of drug-likeness (QED) is 0.843. The van der Waals surface area contributed by atoms with Crippen molar-refractivity contribution in [2.45, 2.75) is 19.3 Å². The van der Waals surface area contributed by atoms with Gasteiger partial charge in [-0.05, 0) is 5.56 Å². The van der Waals surface area contributed by atoms with E-state index in [9.17, 15) is 8.42 Å².